The van der Waals surface area contributed by atoms with Crippen LogP contribution in [0.15, 0.2) is 34.9 Å². The third kappa shape index (κ3) is 3.30. The molecule has 0 aliphatic rings. The summed E-state index contributed by atoms with van der Waals surface area (Å²) in [6.07, 6.45) is 2.77. The highest BCUT2D eigenvalue weighted by molar-refractivity contribution is 9.10. The van der Waals surface area contributed by atoms with E-state index in [4.69, 9.17) is 5.73 Å². The lowest BCUT2D eigenvalue weighted by Crippen LogP contribution is -2.36. The fourth-order valence-electron chi connectivity index (χ4n) is 2.34. The van der Waals surface area contributed by atoms with E-state index in [0.29, 0.717) is 12.6 Å². The second-order valence-corrected chi connectivity index (χ2v) is 6.99. The van der Waals surface area contributed by atoms with Crippen LogP contribution < -0.4 is 11.1 Å². The molecular weight excluding hydrogens is 314 g/mol. The van der Waals surface area contributed by atoms with E-state index in [1.165, 1.54) is 5.39 Å². The summed E-state index contributed by atoms with van der Waals surface area (Å²) in [6, 6.07) is 8.50. The Bertz CT molecular complexity index is 590. The molecule has 3 nitrogen and oxygen atoms in total. The molecule has 1 aromatic heterocycles. The van der Waals surface area contributed by atoms with Crippen LogP contribution in [0.4, 0.5) is 5.82 Å². The number of hydrogen-bond acceptors (Lipinski definition) is 3. The van der Waals surface area contributed by atoms with E-state index in [-0.39, 0.29) is 5.41 Å². The van der Waals surface area contributed by atoms with Crippen LogP contribution in [0.25, 0.3) is 10.8 Å². The molecule has 3 N–H and O–H groups in total. The molecule has 0 bridgehead atoms. The van der Waals surface area contributed by atoms with Crippen LogP contribution in [0.2, 0.25) is 0 Å². The first-order valence-corrected chi connectivity index (χ1v) is 7.72. The summed E-state index contributed by atoms with van der Waals surface area (Å²) in [7, 11) is 0. The molecule has 2 aromatic rings. The molecule has 0 fully saturated rings. The van der Waals surface area contributed by atoms with Crippen molar-refractivity contribution in [3.8, 4) is 0 Å². The van der Waals surface area contributed by atoms with E-state index in [9.17, 15) is 0 Å². The van der Waals surface area contributed by atoms with Gasteiger partial charge in [0, 0.05) is 27.5 Å². The van der Waals surface area contributed by atoms with Crippen molar-refractivity contribution in [3.63, 3.8) is 0 Å². The minimum absolute atomic E-state index is 0.134. The smallest absolute Gasteiger partial charge is 0.134 e. The molecular formula is C16H22BrN3. The Balaban J connectivity index is 2.40. The van der Waals surface area contributed by atoms with Crippen LogP contribution in [0.5, 0.6) is 0 Å². The maximum absolute atomic E-state index is 5.75. The summed E-state index contributed by atoms with van der Waals surface area (Å²) in [5, 5.41) is 5.88. The fraction of sp³-hybridized carbons (Fsp3) is 0.438. The topological polar surface area (TPSA) is 50.9 Å². The van der Waals surface area contributed by atoms with Gasteiger partial charge in [0.25, 0.3) is 0 Å². The lowest BCUT2D eigenvalue weighted by atomic mass is 9.84. The number of anilines is 1. The number of rotatable bonds is 4. The standard InChI is InChI=1S/C16H22BrN3/c1-16(2,3)14(7-9-18)20-15-12-5-4-6-13(17)11(12)8-10-19-15/h4-6,8,10,14H,7,9,18H2,1-3H3,(H,19,20). The van der Waals surface area contributed by atoms with Crippen LogP contribution in [0.3, 0.4) is 0 Å². The minimum atomic E-state index is 0.134. The molecule has 1 atom stereocenters. The number of pyridine rings is 1. The average molecular weight is 336 g/mol. The second kappa shape index (κ2) is 6.10. The van der Waals surface area contributed by atoms with Gasteiger partial charge in [-0.3, -0.25) is 0 Å². The molecule has 4 heteroatoms. The number of nitrogens with one attached hydrogen (secondary N) is 1. The highest BCUT2D eigenvalue weighted by Gasteiger charge is 2.24. The van der Waals surface area contributed by atoms with Gasteiger partial charge in [-0.2, -0.15) is 0 Å². The Labute approximate surface area is 129 Å². The van der Waals surface area contributed by atoms with Gasteiger partial charge in [0.1, 0.15) is 5.82 Å². The van der Waals surface area contributed by atoms with Crippen LogP contribution >= 0.6 is 15.9 Å². The molecule has 0 saturated heterocycles. The normalized spacial score (nSPS) is 13.4. The third-order valence-corrected chi connectivity index (χ3v) is 4.26. The molecule has 0 saturated carbocycles. The predicted octanol–water partition coefficient (Wildman–Crippen LogP) is 4.17. The average Bonchev–Trinajstić information content (AvgIpc) is 2.38. The summed E-state index contributed by atoms with van der Waals surface area (Å²) < 4.78 is 1.09. The summed E-state index contributed by atoms with van der Waals surface area (Å²) >= 11 is 3.59. The number of hydrogen-bond donors (Lipinski definition) is 2. The van der Waals surface area contributed by atoms with Crippen molar-refractivity contribution in [2.45, 2.75) is 33.2 Å². The monoisotopic (exact) mass is 335 g/mol. The maximum atomic E-state index is 5.75. The molecule has 2 rings (SSSR count). The Kier molecular flexibility index (Phi) is 4.66. The van der Waals surface area contributed by atoms with Gasteiger partial charge < -0.3 is 11.1 Å². The van der Waals surface area contributed by atoms with Crippen molar-refractivity contribution in [2.75, 3.05) is 11.9 Å². The molecule has 0 aliphatic carbocycles. The van der Waals surface area contributed by atoms with Crippen molar-refractivity contribution in [1.29, 1.82) is 0 Å². The molecule has 1 aromatic carbocycles. The predicted molar refractivity (Wildman–Crippen MR) is 90.0 cm³/mol. The zero-order valence-electron chi connectivity index (χ0n) is 12.3. The Morgan fingerprint density at radius 1 is 1.25 bits per heavy atom. The molecule has 0 aliphatic heterocycles. The van der Waals surface area contributed by atoms with Gasteiger partial charge in [-0.15, -0.1) is 0 Å². The lowest BCUT2D eigenvalue weighted by Gasteiger charge is -2.32. The van der Waals surface area contributed by atoms with E-state index in [1.807, 2.05) is 24.4 Å². The zero-order chi connectivity index (χ0) is 14.8. The van der Waals surface area contributed by atoms with Crippen LogP contribution in [0.1, 0.15) is 27.2 Å². The Morgan fingerprint density at radius 3 is 2.65 bits per heavy atom. The number of halogens is 1. The quantitative estimate of drug-likeness (QED) is 0.881. The van der Waals surface area contributed by atoms with E-state index in [2.05, 4.69) is 53.1 Å². The highest BCUT2D eigenvalue weighted by atomic mass is 79.9. The zero-order valence-corrected chi connectivity index (χ0v) is 13.9. The molecule has 0 spiro atoms. The first-order chi connectivity index (χ1) is 9.43. The van der Waals surface area contributed by atoms with Crippen LogP contribution in [-0.4, -0.2) is 17.6 Å². The minimum Gasteiger partial charge on any atom is -0.366 e. The van der Waals surface area contributed by atoms with Crippen LogP contribution in [-0.2, 0) is 0 Å². The number of nitrogens with two attached hydrogens (primary N) is 1. The molecule has 0 amide bonds. The summed E-state index contributed by atoms with van der Waals surface area (Å²) in [5.74, 6) is 0.928. The first kappa shape index (κ1) is 15.3. The maximum Gasteiger partial charge on any atom is 0.134 e. The largest absolute Gasteiger partial charge is 0.366 e. The van der Waals surface area contributed by atoms with Crippen molar-refractivity contribution in [1.82, 2.24) is 4.98 Å². The fourth-order valence-corrected chi connectivity index (χ4v) is 2.84. The van der Waals surface area contributed by atoms with Crippen molar-refractivity contribution >= 4 is 32.5 Å². The van der Waals surface area contributed by atoms with Gasteiger partial charge in [0.05, 0.1) is 0 Å². The lowest BCUT2D eigenvalue weighted by molar-refractivity contribution is 0.328. The second-order valence-electron chi connectivity index (χ2n) is 6.13. The van der Waals surface area contributed by atoms with E-state index in [1.54, 1.807) is 0 Å². The molecule has 1 heterocycles. The van der Waals surface area contributed by atoms with Gasteiger partial charge in [-0.1, -0.05) is 48.8 Å². The number of benzene rings is 1. The van der Waals surface area contributed by atoms with Gasteiger partial charge in [-0.25, -0.2) is 4.98 Å². The highest BCUT2D eigenvalue weighted by Crippen LogP contribution is 2.31. The van der Waals surface area contributed by atoms with Gasteiger partial charge >= 0.3 is 0 Å². The Morgan fingerprint density at radius 2 is 2.00 bits per heavy atom. The summed E-state index contributed by atoms with van der Waals surface area (Å²) in [4.78, 5) is 4.51. The number of nitrogens with zero attached hydrogens (tertiary/aromatic N) is 1. The molecule has 108 valence electrons. The van der Waals surface area contributed by atoms with Crippen LogP contribution in [0, 0.1) is 5.41 Å². The van der Waals surface area contributed by atoms with E-state index >= 15 is 0 Å². The SMILES string of the molecule is CC(C)(C)C(CCN)Nc1nccc2c(Br)cccc12. The van der Waals surface area contributed by atoms with Crippen molar-refractivity contribution < 1.29 is 0 Å². The van der Waals surface area contributed by atoms with E-state index < -0.39 is 0 Å². The van der Waals surface area contributed by atoms with E-state index in [0.717, 1.165) is 22.1 Å². The molecule has 1 unspecified atom stereocenters. The van der Waals surface area contributed by atoms with Gasteiger partial charge in [0.15, 0.2) is 0 Å². The molecule has 0 radical (unpaired) electrons. The van der Waals surface area contributed by atoms with Gasteiger partial charge in [0.2, 0.25) is 0 Å². The number of fused-ring (bicyclic) bond motifs is 1. The summed E-state index contributed by atoms with van der Waals surface area (Å²) in [5.41, 5.74) is 5.88. The van der Waals surface area contributed by atoms with Gasteiger partial charge in [-0.05, 0) is 30.5 Å². The summed E-state index contributed by atoms with van der Waals surface area (Å²) in [6.45, 7) is 7.34. The molecule has 20 heavy (non-hydrogen) atoms. The number of aromatic nitrogens is 1. The van der Waals surface area contributed by atoms with Crippen molar-refractivity contribution in [2.24, 2.45) is 11.1 Å². The first-order valence-electron chi connectivity index (χ1n) is 6.93. The van der Waals surface area contributed by atoms with Crippen molar-refractivity contribution in [3.05, 3.63) is 34.9 Å². The third-order valence-electron chi connectivity index (χ3n) is 3.56. The Hall–Kier alpha value is -1.13.